The Bertz CT molecular complexity index is 2150. The summed E-state index contributed by atoms with van der Waals surface area (Å²) in [4.78, 5) is 0. The normalized spacial score (nSPS) is 11.7. The van der Waals surface area contributed by atoms with Gasteiger partial charge >= 0.3 is 0 Å². The number of hydrogen-bond donors (Lipinski definition) is 0. The van der Waals surface area contributed by atoms with Crippen LogP contribution < -0.4 is 0 Å². The van der Waals surface area contributed by atoms with Gasteiger partial charge in [0.25, 0.3) is 0 Å². The Morgan fingerprint density at radius 1 is 0.385 bits per heavy atom. The third kappa shape index (κ3) is 3.28. The van der Waals surface area contributed by atoms with Crippen molar-refractivity contribution >= 4 is 43.6 Å². The topological polar surface area (TPSA) is 9.86 Å². The number of benzene rings is 6. The van der Waals surface area contributed by atoms with Crippen molar-refractivity contribution in [3.05, 3.63) is 140 Å². The number of para-hydroxylation sites is 1. The molecule has 2 nitrogen and oxygen atoms in total. The van der Waals surface area contributed by atoms with Crippen LogP contribution in [-0.2, 0) is 7.05 Å². The predicted octanol–water partition coefficient (Wildman–Crippen LogP) is 9.76. The van der Waals surface area contributed by atoms with Crippen LogP contribution in [0.2, 0.25) is 0 Å². The van der Waals surface area contributed by atoms with Crippen molar-refractivity contribution in [3.63, 3.8) is 0 Å². The lowest BCUT2D eigenvalue weighted by Crippen LogP contribution is -1.96. The summed E-state index contributed by atoms with van der Waals surface area (Å²) in [6, 6.07) is 50.4. The summed E-state index contributed by atoms with van der Waals surface area (Å²) in [5.41, 5.74) is 11.1. The first-order valence-electron chi connectivity index (χ1n) is 13.4. The minimum absolute atomic E-state index is 1.17. The second-order valence-corrected chi connectivity index (χ2v) is 10.3. The molecule has 0 aliphatic rings. The van der Waals surface area contributed by atoms with Crippen molar-refractivity contribution in [1.29, 1.82) is 0 Å². The molecule has 0 unspecified atom stereocenters. The molecule has 184 valence electrons. The van der Waals surface area contributed by atoms with Gasteiger partial charge in [0.15, 0.2) is 0 Å². The molecule has 0 radical (unpaired) electrons. The Hall–Kier alpha value is -5.08. The van der Waals surface area contributed by atoms with Crippen LogP contribution in [0.1, 0.15) is 0 Å². The molecule has 0 amide bonds. The Balaban J connectivity index is 1.50. The number of aryl methyl sites for hydroxylation is 1. The molecule has 0 aliphatic heterocycles. The first kappa shape index (κ1) is 22.0. The summed E-state index contributed by atoms with van der Waals surface area (Å²) in [6.45, 7) is 0. The van der Waals surface area contributed by atoms with Crippen LogP contribution in [0.15, 0.2) is 140 Å². The minimum atomic E-state index is 1.17. The van der Waals surface area contributed by atoms with Crippen LogP contribution in [0, 0.1) is 0 Å². The molecular formula is C37H26N2. The highest BCUT2D eigenvalue weighted by molar-refractivity contribution is 6.23. The molecule has 0 fully saturated rings. The van der Waals surface area contributed by atoms with E-state index in [1.807, 2.05) is 0 Å². The van der Waals surface area contributed by atoms with Crippen LogP contribution in [0.25, 0.3) is 71.6 Å². The molecule has 2 aromatic heterocycles. The van der Waals surface area contributed by atoms with E-state index in [9.17, 15) is 0 Å². The second-order valence-electron chi connectivity index (χ2n) is 10.3. The highest BCUT2D eigenvalue weighted by Crippen LogP contribution is 2.41. The Morgan fingerprint density at radius 2 is 0.872 bits per heavy atom. The van der Waals surface area contributed by atoms with E-state index in [1.54, 1.807) is 0 Å². The molecule has 0 spiro atoms. The van der Waals surface area contributed by atoms with E-state index in [-0.39, 0.29) is 0 Å². The molecule has 0 N–H and O–H groups in total. The van der Waals surface area contributed by atoms with Gasteiger partial charge in [0.1, 0.15) is 0 Å². The lowest BCUT2D eigenvalue weighted by molar-refractivity contribution is 1.01. The maximum atomic E-state index is 2.44. The van der Waals surface area contributed by atoms with Crippen molar-refractivity contribution in [3.8, 4) is 27.9 Å². The number of hydrogen-bond acceptors (Lipinski definition) is 0. The zero-order valence-electron chi connectivity index (χ0n) is 21.7. The van der Waals surface area contributed by atoms with Crippen LogP contribution in [0.4, 0.5) is 0 Å². The highest BCUT2D eigenvalue weighted by Gasteiger charge is 2.20. The first-order chi connectivity index (χ1) is 19.3. The van der Waals surface area contributed by atoms with Gasteiger partial charge < -0.3 is 9.13 Å². The van der Waals surface area contributed by atoms with Crippen molar-refractivity contribution < 1.29 is 0 Å². The summed E-state index contributed by atoms with van der Waals surface area (Å²) in [6.07, 6.45) is 0. The zero-order valence-corrected chi connectivity index (χ0v) is 21.7. The van der Waals surface area contributed by atoms with Crippen LogP contribution >= 0.6 is 0 Å². The molecule has 0 atom stereocenters. The lowest BCUT2D eigenvalue weighted by Gasteiger charge is -2.10. The van der Waals surface area contributed by atoms with E-state index in [4.69, 9.17) is 0 Å². The van der Waals surface area contributed by atoms with Crippen LogP contribution in [0.5, 0.6) is 0 Å². The highest BCUT2D eigenvalue weighted by atomic mass is 15.0. The van der Waals surface area contributed by atoms with E-state index in [0.717, 1.165) is 0 Å². The molecule has 6 aromatic carbocycles. The summed E-state index contributed by atoms with van der Waals surface area (Å²) in [7, 11) is 2.20. The van der Waals surface area contributed by atoms with Crippen LogP contribution in [-0.4, -0.2) is 9.13 Å². The Morgan fingerprint density at radius 3 is 1.46 bits per heavy atom. The SMILES string of the molecule is Cn1c2ccc(-c3ccccc3)cc2c2ccc3c4cc(-c5ccccc5)ccc4n(-c4ccccc4)c3c21. The molecule has 0 saturated carbocycles. The smallest absolute Gasteiger partial charge is 0.0785 e. The van der Waals surface area contributed by atoms with Gasteiger partial charge in [0.05, 0.1) is 16.6 Å². The number of nitrogens with zero attached hydrogens (tertiary/aromatic N) is 2. The van der Waals surface area contributed by atoms with Crippen molar-refractivity contribution in [2.75, 3.05) is 0 Å². The van der Waals surface area contributed by atoms with Gasteiger partial charge in [-0.3, -0.25) is 0 Å². The second kappa shape index (κ2) is 8.47. The quantitative estimate of drug-likeness (QED) is 0.229. The molecule has 0 bridgehead atoms. The number of rotatable bonds is 3. The van der Waals surface area contributed by atoms with Crippen molar-refractivity contribution in [2.45, 2.75) is 0 Å². The maximum Gasteiger partial charge on any atom is 0.0785 e. The number of fused-ring (bicyclic) bond motifs is 7. The fourth-order valence-corrected chi connectivity index (χ4v) is 6.28. The third-order valence-electron chi connectivity index (χ3n) is 8.11. The summed E-state index contributed by atoms with van der Waals surface area (Å²) in [5.74, 6) is 0. The molecule has 8 aromatic rings. The van der Waals surface area contributed by atoms with Gasteiger partial charge in [0, 0.05) is 39.8 Å². The average Bonchev–Trinajstić information content (AvgIpc) is 3.49. The van der Waals surface area contributed by atoms with E-state index < -0.39 is 0 Å². The van der Waals surface area contributed by atoms with Gasteiger partial charge in [0.2, 0.25) is 0 Å². The van der Waals surface area contributed by atoms with Crippen LogP contribution in [0.3, 0.4) is 0 Å². The van der Waals surface area contributed by atoms with E-state index in [2.05, 4.69) is 156 Å². The molecular weight excluding hydrogens is 472 g/mol. The molecule has 2 heterocycles. The van der Waals surface area contributed by atoms with Gasteiger partial charge in [-0.15, -0.1) is 0 Å². The van der Waals surface area contributed by atoms with Crippen molar-refractivity contribution in [2.24, 2.45) is 7.05 Å². The maximum absolute atomic E-state index is 2.44. The number of aromatic nitrogens is 2. The fourth-order valence-electron chi connectivity index (χ4n) is 6.28. The van der Waals surface area contributed by atoms with Gasteiger partial charge in [-0.1, -0.05) is 103 Å². The Labute approximate surface area is 227 Å². The molecule has 0 saturated heterocycles. The van der Waals surface area contributed by atoms with Gasteiger partial charge in [-0.05, 0) is 58.7 Å². The minimum Gasteiger partial charge on any atom is -0.342 e. The Kier molecular flexibility index (Phi) is 4.77. The summed E-state index contributed by atoms with van der Waals surface area (Å²) >= 11 is 0. The lowest BCUT2D eigenvalue weighted by atomic mass is 10.0. The van der Waals surface area contributed by atoms with E-state index in [1.165, 1.54) is 71.6 Å². The predicted molar refractivity (Wildman–Crippen MR) is 166 cm³/mol. The standard InChI is InChI=1S/C37H26N2/c1-38-34-21-17-27(25-11-5-2-6-12-25)23-32(34)30-19-20-31-33-24-28(26-13-7-3-8-14-26)18-22-35(33)39(37(31)36(30)38)29-15-9-4-10-16-29/h2-24H,1H3. The molecule has 39 heavy (non-hydrogen) atoms. The fraction of sp³-hybridized carbons (Fsp3) is 0.0270. The molecule has 8 rings (SSSR count). The summed E-state index contributed by atoms with van der Waals surface area (Å²) < 4.78 is 4.82. The third-order valence-corrected chi connectivity index (χ3v) is 8.11. The van der Waals surface area contributed by atoms with Crippen molar-refractivity contribution in [1.82, 2.24) is 9.13 Å². The van der Waals surface area contributed by atoms with Gasteiger partial charge in [-0.25, -0.2) is 0 Å². The average molecular weight is 499 g/mol. The zero-order chi connectivity index (χ0) is 25.9. The largest absolute Gasteiger partial charge is 0.342 e. The van der Waals surface area contributed by atoms with Gasteiger partial charge in [-0.2, -0.15) is 0 Å². The van der Waals surface area contributed by atoms with E-state index >= 15 is 0 Å². The van der Waals surface area contributed by atoms with E-state index in [0.29, 0.717) is 0 Å². The first-order valence-corrected chi connectivity index (χ1v) is 13.4. The monoisotopic (exact) mass is 498 g/mol. The molecule has 0 aliphatic carbocycles. The molecule has 2 heteroatoms. The summed E-state index contributed by atoms with van der Waals surface area (Å²) in [5, 5.41) is 5.10.